The van der Waals surface area contributed by atoms with Crippen molar-refractivity contribution in [2.45, 2.75) is 70.6 Å². The fourth-order valence-corrected chi connectivity index (χ4v) is 4.98. The number of aliphatic hydroxyl groups is 2. The number of benzene rings is 1. The van der Waals surface area contributed by atoms with Gasteiger partial charge in [-0.1, -0.05) is 0 Å². The normalized spacial score (nSPS) is 21.9. The van der Waals surface area contributed by atoms with Crippen LogP contribution in [0.15, 0.2) is 30.9 Å². The van der Waals surface area contributed by atoms with Crippen molar-refractivity contribution in [2.24, 2.45) is 0 Å². The lowest BCUT2D eigenvalue weighted by atomic mass is 10.1. The van der Waals surface area contributed by atoms with Crippen LogP contribution < -0.4 is 10.5 Å². The second-order valence-electron chi connectivity index (χ2n) is 9.97. The van der Waals surface area contributed by atoms with E-state index in [1.54, 1.807) is 4.57 Å². The first-order chi connectivity index (χ1) is 18.4. The van der Waals surface area contributed by atoms with E-state index in [-0.39, 0.29) is 11.9 Å². The molecule has 3 aromatic heterocycles. The van der Waals surface area contributed by atoms with E-state index in [1.807, 2.05) is 25.1 Å². The maximum atomic E-state index is 10.8. The Morgan fingerprint density at radius 3 is 2.82 bits per heavy atom. The molecule has 5 N–H and O–H groups in total. The number of imidazole rings is 2. The number of aromatic nitrogens is 6. The third kappa shape index (κ3) is 5.30. The van der Waals surface area contributed by atoms with Gasteiger partial charge in [0.15, 0.2) is 17.7 Å². The molecule has 4 heterocycles. The van der Waals surface area contributed by atoms with Gasteiger partial charge < -0.3 is 30.4 Å². The number of hydrogen-bond acceptors (Lipinski definition) is 10. The first-order valence-corrected chi connectivity index (χ1v) is 13.2. The number of hydrogen-bond donors (Lipinski definition) is 4. The molecule has 1 aliphatic heterocycles. The van der Waals surface area contributed by atoms with E-state index in [4.69, 9.17) is 20.2 Å². The summed E-state index contributed by atoms with van der Waals surface area (Å²) in [5.74, 6) is 2.05. The molecule has 1 fully saturated rings. The van der Waals surface area contributed by atoms with E-state index >= 15 is 0 Å². The lowest BCUT2D eigenvalue weighted by Gasteiger charge is -2.30. The number of anilines is 1. The summed E-state index contributed by atoms with van der Waals surface area (Å²) in [4.78, 5) is 22.8. The van der Waals surface area contributed by atoms with Gasteiger partial charge in [0.1, 0.15) is 41.7 Å². The average molecular weight is 525 g/mol. The van der Waals surface area contributed by atoms with Gasteiger partial charge in [0.25, 0.3) is 0 Å². The smallest absolute Gasteiger partial charge is 0.167 e. The predicted octanol–water partition coefficient (Wildman–Crippen LogP) is 2.04. The molecule has 0 aliphatic carbocycles. The van der Waals surface area contributed by atoms with Crippen LogP contribution in [0.25, 0.3) is 22.2 Å². The van der Waals surface area contributed by atoms with E-state index in [9.17, 15) is 10.2 Å². The Hall–Kier alpha value is -3.32. The zero-order valence-electron chi connectivity index (χ0n) is 22.0. The Labute approximate surface area is 220 Å². The number of nitrogens with two attached hydrogens (primary N) is 1. The SMILES string of the molecule is CCOc1ccc2nc(CCCCN(C[C@H]3OC(n4cnc5c(N)ncnc54)[C@H](O)[C@@H]3O)C(C)C)[nH]c2c1. The molecule has 12 nitrogen and oxygen atoms in total. The van der Waals surface area contributed by atoms with Crippen LogP contribution in [0.3, 0.4) is 0 Å². The van der Waals surface area contributed by atoms with Crippen LogP contribution in [-0.4, -0.2) is 88.7 Å². The highest BCUT2D eigenvalue weighted by Crippen LogP contribution is 2.32. The molecule has 1 aliphatic rings. The van der Waals surface area contributed by atoms with Crippen molar-refractivity contribution in [1.82, 2.24) is 34.4 Å². The van der Waals surface area contributed by atoms with E-state index in [0.29, 0.717) is 24.3 Å². The largest absolute Gasteiger partial charge is 0.494 e. The van der Waals surface area contributed by atoms with Crippen molar-refractivity contribution in [3.63, 3.8) is 0 Å². The van der Waals surface area contributed by atoms with Crippen molar-refractivity contribution in [3.05, 3.63) is 36.7 Å². The Balaban J connectivity index is 1.17. The number of aromatic amines is 1. The first-order valence-electron chi connectivity index (χ1n) is 13.2. The summed E-state index contributed by atoms with van der Waals surface area (Å²) in [6, 6.07) is 6.14. The summed E-state index contributed by atoms with van der Waals surface area (Å²) in [6.07, 6.45) is 2.05. The molecule has 4 aromatic rings. The van der Waals surface area contributed by atoms with Crippen LogP contribution >= 0.6 is 0 Å². The molecule has 12 heteroatoms. The van der Waals surface area contributed by atoms with Crippen molar-refractivity contribution in [1.29, 1.82) is 0 Å². The first kappa shape index (κ1) is 26.3. The number of nitrogens with zero attached hydrogens (tertiary/aromatic N) is 6. The standard InChI is InChI=1S/C26H36N8O4/c1-4-37-16-8-9-17-18(11-16)32-20(31-17)7-5-6-10-33(15(2)3)12-19-22(35)23(36)26(38-19)34-14-30-21-24(27)28-13-29-25(21)34/h8-9,11,13-15,19,22-23,26,35-36H,4-7,10,12H2,1-3H3,(H,31,32)(H2,27,28,29)/t19-,22-,23-,26?/m1/s1. The Kier molecular flexibility index (Phi) is 7.75. The number of rotatable bonds is 11. The van der Waals surface area contributed by atoms with E-state index in [2.05, 4.69) is 38.7 Å². The molecule has 0 radical (unpaired) electrons. The molecule has 0 amide bonds. The van der Waals surface area contributed by atoms with E-state index in [1.165, 1.54) is 12.7 Å². The molecule has 204 valence electrons. The minimum Gasteiger partial charge on any atom is -0.494 e. The zero-order valence-corrected chi connectivity index (χ0v) is 22.0. The van der Waals surface area contributed by atoms with Crippen molar-refractivity contribution >= 4 is 28.0 Å². The molecule has 1 saturated heterocycles. The average Bonchev–Trinajstić information content (AvgIpc) is 3.58. The minimum absolute atomic E-state index is 0.242. The van der Waals surface area contributed by atoms with Crippen LogP contribution in [0.4, 0.5) is 5.82 Å². The molecule has 4 atom stereocenters. The number of unbranched alkanes of at least 4 members (excludes halogenated alkanes) is 1. The van der Waals surface area contributed by atoms with Gasteiger partial charge in [0, 0.05) is 25.1 Å². The Bertz CT molecular complexity index is 1370. The molecular weight excluding hydrogens is 488 g/mol. The van der Waals surface area contributed by atoms with E-state index in [0.717, 1.165) is 48.4 Å². The molecule has 0 saturated carbocycles. The highest BCUT2D eigenvalue weighted by molar-refractivity contribution is 5.81. The summed E-state index contributed by atoms with van der Waals surface area (Å²) in [6.45, 7) is 8.15. The van der Waals surface area contributed by atoms with Gasteiger partial charge in [-0.15, -0.1) is 0 Å². The molecule has 5 rings (SSSR count). The maximum absolute atomic E-state index is 10.8. The number of nitrogen functional groups attached to an aromatic ring is 1. The molecule has 0 spiro atoms. The van der Waals surface area contributed by atoms with Gasteiger partial charge in [-0.05, 0) is 52.3 Å². The second kappa shape index (κ2) is 11.2. The van der Waals surface area contributed by atoms with Gasteiger partial charge in [-0.25, -0.2) is 19.9 Å². The summed E-state index contributed by atoms with van der Waals surface area (Å²) in [5, 5.41) is 21.6. The summed E-state index contributed by atoms with van der Waals surface area (Å²) < 4.78 is 13.3. The fraction of sp³-hybridized carbons (Fsp3) is 0.538. The van der Waals surface area contributed by atoms with Crippen LogP contribution in [0, 0.1) is 0 Å². The van der Waals surface area contributed by atoms with Crippen LogP contribution in [0.1, 0.15) is 45.7 Å². The second-order valence-corrected chi connectivity index (χ2v) is 9.97. The van der Waals surface area contributed by atoms with Crippen LogP contribution in [0.5, 0.6) is 5.75 Å². The number of aliphatic hydroxyl groups excluding tert-OH is 2. The van der Waals surface area contributed by atoms with Gasteiger partial charge in [-0.3, -0.25) is 9.47 Å². The fourth-order valence-electron chi connectivity index (χ4n) is 4.98. The molecule has 38 heavy (non-hydrogen) atoms. The summed E-state index contributed by atoms with van der Waals surface area (Å²) in [7, 11) is 0. The van der Waals surface area contributed by atoms with E-state index < -0.39 is 24.5 Å². The minimum atomic E-state index is -1.13. The van der Waals surface area contributed by atoms with Gasteiger partial charge in [0.2, 0.25) is 0 Å². The number of aryl methyl sites for hydroxylation is 1. The van der Waals surface area contributed by atoms with Crippen LogP contribution in [0.2, 0.25) is 0 Å². The lowest BCUT2D eigenvalue weighted by Crippen LogP contribution is -2.43. The van der Waals surface area contributed by atoms with Gasteiger partial charge in [0.05, 0.1) is 24.0 Å². The Morgan fingerprint density at radius 1 is 1.18 bits per heavy atom. The third-order valence-corrected chi connectivity index (χ3v) is 7.07. The monoisotopic (exact) mass is 524 g/mol. The molecule has 1 aromatic carbocycles. The zero-order chi connectivity index (χ0) is 26.8. The van der Waals surface area contributed by atoms with Gasteiger partial charge in [-0.2, -0.15) is 0 Å². The van der Waals surface area contributed by atoms with Crippen molar-refractivity contribution in [3.8, 4) is 5.75 Å². The number of ether oxygens (including phenoxy) is 2. The molecule has 1 unspecified atom stereocenters. The van der Waals surface area contributed by atoms with Crippen molar-refractivity contribution < 1.29 is 19.7 Å². The quantitative estimate of drug-likeness (QED) is 0.214. The lowest BCUT2D eigenvalue weighted by molar-refractivity contribution is -0.0469. The number of fused-ring (bicyclic) bond motifs is 2. The highest BCUT2D eigenvalue weighted by Gasteiger charge is 2.45. The maximum Gasteiger partial charge on any atom is 0.167 e. The topological polar surface area (TPSA) is 160 Å². The highest BCUT2D eigenvalue weighted by atomic mass is 16.6. The molecule has 0 bridgehead atoms. The summed E-state index contributed by atoms with van der Waals surface area (Å²) >= 11 is 0. The van der Waals surface area contributed by atoms with Gasteiger partial charge >= 0.3 is 0 Å². The molecular formula is C26H36N8O4. The summed E-state index contributed by atoms with van der Waals surface area (Å²) in [5.41, 5.74) is 8.70. The van der Waals surface area contributed by atoms with Crippen LogP contribution in [-0.2, 0) is 11.2 Å². The Morgan fingerprint density at radius 2 is 2.03 bits per heavy atom. The van der Waals surface area contributed by atoms with Crippen molar-refractivity contribution in [2.75, 3.05) is 25.4 Å². The number of nitrogens with one attached hydrogen (secondary N) is 1. The third-order valence-electron chi connectivity index (χ3n) is 7.07. The number of H-pyrrole nitrogens is 1. The predicted molar refractivity (Wildman–Crippen MR) is 143 cm³/mol.